The predicted octanol–water partition coefficient (Wildman–Crippen LogP) is 1.26. The Bertz CT molecular complexity index is 770. The molecule has 4 aliphatic rings. The van der Waals surface area contributed by atoms with Crippen LogP contribution in [0.5, 0.6) is 5.75 Å². The lowest BCUT2D eigenvalue weighted by atomic mass is 9.77. The van der Waals surface area contributed by atoms with Gasteiger partial charge < -0.3 is 19.7 Å². The molecule has 0 radical (unpaired) electrons. The van der Waals surface area contributed by atoms with Crippen LogP contribution in [0.2, 0.25) is 0 Å². The van der Waals surface area contributed by atoms with E-state index in [4.69, 9.17) is 9.47 Å². The molecular weight excluding hydrogens is 320 g/mol. The van der Waals surface area contributed by atoms with Gasteiger partial charge in [-0.25, -0.2) is 0 Å². The summed E-state index contributed by atoms with van der Waals surface area (Å²) in [6.45, 7) is 0.447. The second kappa shape index (κ2) is 5.08. The monoisotopic (exact) mass is 340 g/mol. The van der Waals surface area contributed by atoms with Crippen molar-refractivity contribution in [2.75, 3.05) is 18.6 Å². The number of amides is 2. The molecule has 0 unspecified atom stereocenters. The molecule has 5 rings (SSSR count). The lowest BCUT2D eigenvalue weighted by Gasteiger charge is -2.23. The van der Waals surface area contributed by atoms with Gasteiger partial charge in [-0.2, -0.15) is 0 Å². The molecule has 1 aliphatic carbocycles. The van der Waals surface area contributed by atoms with E-state index in [2.05, 4.69) is 5.32 Å². The van der Waals surface area contributed by atoms with Crippen molar-refractivity contribution in [1.29, 1.82) is 0 Å². The van der Waals surface area contributed by atoms with Gasteiger partial charge in [0.15, 0.2) is 0 Å². The Labute approximate surface area is 145 Å². The average Bonchev–Trinajstić information content (AvgIpc) is 3.15. The lowest BCUT2D eigenvalue weighted by Crippen LogP contribution is -2.44. The van der Waals surface area contributed by atoms with Crippen LogP contribution in [0.25, 0.3) is 0 Å². The van der Waals surface area contributed by atoms with E-state index in [-0.39, 0.29) is 24.0 Å². The molecule has 2 bridgehead atoms. The summed E-state index contributed by atoms with van der Waals surface area (Å²) in [7, 11) is 1.61. The molecule has 1 N–H and O–H groups in total. The number of benzene rings is 1. The van der Waals surface area contributed by atoms with Gasteiger partial charge in [-0.1, -0.05) is 12.2 Å². The van der Waals surface area contributed by atoms with E-state index in [0.29, 0.717) is 6.54 Å². The first-order chi connectivity index (χ1) is 12.1. The zero-order valence-electron chi connectivity index (χ0n) is 14.0. The summed E-state index contributed by atoms with van der Waals surface area (Å²) >= 11 is 0. The maximum atomic E-state index is 13.1. The van der Waals surface area contributed by atoms with Gasteiger partial charge in [-0.3, -0.25) is 9.59 Å². The van der Waals surface area contributed by atoms with Crippen molar-refractivity contribution < 1.29 is 19.1 Å². The van der Waals surface area contributed by atoms with Gasteiger partial charge in [0.05, 0.1) is 31.6 Å². The van der Waals surface area contributed by atoms with Crippen molar-refractivity contribution in [3.63, 3.8) is 0 Å². The molecule has 1 spiro atoms. The van der Waals surface area contributed by atoms with Crippen molar-refractivity contribution in [2.24, 2.45) is 11.8 Å². The minimum atomic E-state index is -0.673. The van der Waals surface area contributed by atoms with Crippen LogP contribution >= 0.6 is 0 Å². The van der Waals surface area contributed by atoms with E-state index in [1.54, 1.807) is 12.0 Å². The highest BCUT2D eigenvalue weighted by Crippen LogP contribution is 2.52. The van der Waals surface area contributed by atoms with Crippen LogP contribution in [-0.4, -0.2) is 43.2 Å². The van der Waals surface area contributed by atoms with Gasteiger partial charge in [0, 0.05) is 11.7 Å². The Morgan fingerprint density at radius 3 is 2.76 bits per heavy atom. The fourth-order valence-electron chi connectivity index (χ4n) is 4.30. The number of rotatable bonds is 4. The number of ether oxygens (including phenoxy) is 2. The van der Waals surface area contributed by atoms with Crippen molar-refractivity contribution in [3.8, 4) is 5.75 Å². The second-order valence-corrected chi connectivity index (χ2v) is 7.31. The number of nitrogens with zero attached hydrogens (tertiary/aromatic N) is 1. The number of anilines is 1. The molecule has 25 heavy (non-hydrogen) atoms. The number of hydrogen-bond acceptors (Lipinski definition) is 4. The molecule has 130 valence electrons. The Kier molecular flexibility index (Phi) is 3.04. The van der Waals surface area contributed by atoms with Crippen LogP contribution in [0.15, 0.2) is 36.4 Å². The van der Waals surface area contributed by atoms with Gasteiger partial charge in [0.1, 0.15) is 11.4 Å². The SMILES string of the molecule is COc1ccc(N2C[C@@]34C=C[C@@H](O3)[C@H](C(=O)NC3CC3)[C@@H]4C2=O)cc1. The molecule has 2 saturated heterocycles. The topological polar surface area (TPSA) is 67.9 Å². The number of hydrogen-bond donors (Lipinski definition) is 1. The summed E-state index contributed by atoms with van der Waals surface area (Å²) in [5, 5.41) is 3.04. The molecule has 3 fully saturated rings. The molecule has 1 saturated carbocycles. The van der Waals surface area contributed by atoms with Crippen LogP contribution in [0.1, 0.15) is 12.8 Å². The van der Waals surface area contributed by atoms with Crippen molar-refractivity contribution in [2.45, 2.75) is 30.6 Å². The molecular formula is C19H20N2O4. The Morgan fingerprint density at radius 1 is 1.32 bits per heavy atom. The highest BCUT2D eigenvalue weighted by Gasteiger charge is 2.67. The second-order valence-electron chi connectivity index (χ2n) is 7.31. The third-order valence-electron chi connectivity index (χ3n) is 5.71. The normalized spacial score (nSPS) is 35.2. The van der Waals surface area contributed by atoms with E-state index < -0.39 is 17.4 Å². The maximum absolute atomic E-state index is 13.1. The van der Waals surface area contributed by atoms with Gasteiger partial charge >= 0.3 is 0 Å². The highest BCUT2D eigenvalue weighted by molar-refractivity contribution is 6.03. The van der Waals surface area contributed by atoms with Crippen LogP contribution in [-0.2, 0) is 14.3 Å². The van der Waals surface area contributed by atoms with Gasteiger partial charge in [-0.15, -0.1) is 0 Å². The van der Waals surface area contributed by atoms with E-state index in [1.807, 2.05) is 36.4 Å². The summed E-state index contributed by atoms with van der Waals surface area (Å²) in [4.78, 5) is 27.6. The maximum Gasteiger partial charge on any atom is 0.234 e. The summed E-state index contributed by atoms with van der Waals surface area (Å²) < 4.78 is 11.3. The standard InChI is InChI=1S/C19H20N2O4/c1-24-13-6-4-12(5-7-13)21-10-19-9-8-14(25-19)15(16(19)18(21)23)17(22)20-11-2-3-11/h4-9,11,14-16H,2-3,10H2,1H3,(H,20,22)/t14-,15+,16-,19-/m1/s1. The largest absolute Gasteiger partial charge is 0.497 e. The van der Waals surface area contributed by atoms with E-state index >= 15 is 0 Å². The molecule has 3 heterocycles. The highest BCUT2D eigenvalue weighted by atomic mass is 16.5. The zero-order valence-corrected chi connectivity index (χ0v) is 14.0. The van der Waals surface area contributed by atoms with Crippen molar-refractivity contribution in [1.82, 2.24) is 5.32 Å². The number of methoxy groups -OCH3 is 1. The summed E-state index contributed by atoms with van der Waals surface area (Å²) in [5.74, 6) is -0.209. The molecule has 2 amide bonds. The number of nitrogens with one attached hydrogen (secondary N) is 1. The quantitative estimate of drug-likeness (QED) is 0.838. The number of fused-ring (bicyclic) bond motifs is 1. The van der Waals surface area contributed by atoms with E-state index in [0.717, 1.165) is 24.3 Å². The first kappa shape index (κ1) is 15.0. The minimum absolute atomic E-state index is 0.0343. The lowest BCUT2D eigenvalue weighted by molar-refractivity contribution is -0.132. The predicted molar refractivity (Wildman–Crippen MR) is 90.2 cm³/mol. The van der Waals surface area contributed by atoms with E-state index in [9.17, 15) is 9.59 Å². The molecule has 1 aromatic rings. The third-order valence-corrected chi connectivity index (χ3v) is 5.71. The van der Waals surface area contributed by atoms with Crippen LogP contribution < -0.4 is 15.0 Å². The Morgan fingerprint density at radius 2 is 2.08 bits per heavy atom. The molecule has 3 aliphatic heterocycles. The first-order valence-electron chi connectivity index (χ1n) is 8.74. The summed E-state index contributed by atoms with van der Waals surface area (Å²) in [6.07, 6.45) is 5.69. The smallest absolute Gasteiger partial charge is 0.234 e. The van der Waals surface area contributed by atoms with Gasteiger partial charge in [0.25, 0.3) is 0 Å². The molecule has 6 nitrogen and oxygen atoms in total. The summed E-state index contributed by atoms with van der Waals surface area (Å²) in [6, 6.07) is 7.67. The van der Waals surface area contributed by atoms with Crippen LogP contribution in [0.3, 0.4) is 0 Å². The first-order valence-corrected chi connectivity index (χ1v) is 8.74. The van der Waals surface area contributed by atoms with Gasteiger partial charge in [-0.05, 0) is 37.1 Å². The molecule has 0 aromatic heterocycles. The minimum Gasteiger partial charge on any atom is -0.497 e. The Balaban J connectivity index is 1.44. The van der Waals surface area contributed by atoms with Gasteiger partial charge in [0.2, 0.25) is 11.8 Å². The third kappa shape index (κ3) is 2.13. The van der Waals surface area contributed by atoms with Crippen LogP contribution in [0.4, 0.5) is 5.69 Å². The number of carbonyl (C=O) groups is 2. The Hall–Kier alpha value is -2.34. The molecule has 1 aromatic carbocycles. The number of carbonyl (C=O) groups excluding carboxylic acids is 2. The molecule has 6 heteroatoms. The van der Waals surface area contributed by atoms with Crippen molar-refractivity contribution >= 4 is 17.5 Å². The summed E-state index contributed by atoms with van der Waals surface area (Å²) in [5.41, 5.74) is 0.129. The van der Waals surface area contributed by atoms with Crippen LogP contribution in [0, 0.1) is 11.8 Å². The van der Waals surface area contributed by atoms with Crippen molar-refractivity contribution in [3.05, 3.63) is 36.4 Å². The van der Waals surface area contributed by atoms with E-state index in [1.165, 1.54) is 0 Å². The molecule has 4 atom stereocenters. The zero-order chi connectivity index (χ0) is 17.2. The fraction of sp³-hybridized carbons (Fsp3) is 0.474. The average molecular weight is 340 g/mol. The fourth-order valence-corrected chi connectivity index (χ4v) is 4.30.